The molecule has 0 unspecified atom stereocenters. The van der Waals surface area contributed by atoms with Gasteiger partial charge < -0.3 is 91.0 Å². The Hall–Kier alpha value is -0.599. The van der Waals surface area contributed by atoms with E-state index in [2.05, 4.69) is 72.8 Å². The minimum atomic E-state index is 0. The van der Waals surface area contributed by atoms with Crippen molar-refractivity contribution in [3.8, 4) is 0 Å². The van der Waals surface area contributed by atoms with Gasteiger partial charge >= 0.3 is 40.8 Å². The Morgan fingerprint density at radius 2 is 0.562 bits per heavy atom. The Bertz CT molecular complexity index is 237. The Morgan fingerprint density at radius 1 is 0.375 bits per heavy atom. The molecule has 1 radical (unpaired) electrons. The number of hydrogen-bond donors (Lipinski definition) is 0. The van der Waals surface area contributed by atoms with Crippen LogP contribution in [0, 0.1) is 114 Å². The topological polar surface area (TPSA) is 0 Å². The maximum absolute atomic E-state index is 2.62. The molecule has 3 aromatic carbocycles. The van der Waals surface area contributed by atoms with Crippen LogP contribution in [0.2, 0.25) is 0 Å². The molecule has 0 aliphatic rings. The molecule has 3 rings (SSSR count). The first kappa shape index (κ1) is 15.4. The van der Waals surface area contributed by atoms with Gasteiger partial charge in [0.2, 0.25) is 0 Å². The third-order valence-corrected chi connectivity index (χ3v) is 1.05. The molecule has 0 aliphatic heterocycles. The molecule has 0 spiro atoms. The first-order chi connectivity index (χ1) is 7.50. The summed E-state index contributed by atoms with van der Waals surface area (Å²) in [6, 6.07) is 36.0. The van der Waals surface area contributed by atoms with Crippen molar-refractivity contribution in [3.63, 3.8) is 0 Å². The largest absolute Gasteiger partial charge is 3.00 e. The van der Waals surface area contributed by atoms with E-state index < -0.39 is 0 Å². The summed E-state index contributed by atoms with van der Waals surface area (Å²) in [6.45, 7) is 0. The molecule has 0 bridgehead atoms. The average molecular weight is 327 g/mol. The van der Waals surface area contributed by atoms with Crippen molar-refractivity contribution in [1.29, 1.82) is 0 Å². The van der Waals surface area contributed by atoms with E-state index in [-0.39, 0.29) is 40.8 Å². The summed E-state index contributed by atoms with van der Waals surface area (Å²) in [4.78, 5) is 0. The predicted octanol–water partition coefficient (Wildman–Crippen LogP) is 1.82. The van der Waals surface area contributed by atoms with Crippen molar-refractivity contribution in [2.45, 2.75) is 0 Å². The predicted molar refractivity (Wildman–Crippen MR) is 52.1 cm³/mol. The summed E-state index contributed by atoms with van der Waals surface area (Å²) < 4.78 is 0. The van der Waals surface area contributed by atoms with E-state index >= 15 is 0 Å². The van der Waals surface area contributed by atoms with Gasteiger partial charge in [0.05, 0.1) is 0 Å². The average Bonchev–Trinajstić information content (AvgIpc) is 3.09. The summed E-state index contributed by atoms with van der Waals surface area (Å²) in [6.07, 6.45) is 0. The van der Waals surface area contributed by atoms with Crippen LogP contribution in [-0.2, 0) is 0 Å². The van der Waals surface area contributed by atoms with E-state index in [0.717, 1.165) is 0 Å². The number of rotatable bonds is 0. The second-order valence-electron chi connectivity index (χ2n) is 2.05. The zero-order chi connectivity index (χ0) is 10.6. The minimum absolute atomic E-state index is 0. The third kappa shape index (κ3) is 9.94. The molecule has 0 N–H and O–H groups in total. The molecular weight excluding hydrogens is 324 g/mol. The van der Waals surface area contributed by atoms with Crippen molar-refractivity contribution >= 4 is 0 Å². The molecular formula is C15H3Nd-12. The summed E-state index contributed by atoms with van der Waals surface area (Å²) >= 11 is 0. The van der Waals surface area contributed by atoms with Crippen LogP contribution in [-0.4, -0.2) is 0 Å². The van der Waals surface area contributed by atoms with Crippen LogP contribution in [0.3, 0.4) is 0 Å². The first-order valence-electron chi connectivity index (χ1n) is 3.98. The molecule has 0 nitrogen and oxygen atoms in total. The van der Waals surface area contributed by atoms with E-state index in [1.807, 2.05) is 0 Å². The van der Waals surface area contributed by atoms with Crippen molar-refractivity contribution in [2.24, 2.45) is 0 Å². The van der Waals surface area contributed by atoms with Crippen LogP contribution in [0.15, 0.2) is 18.2 Å². The molecule has 0 atom stereocenters. The van der Waals surface area contributed by atoms with Crippen LogP contribution in [0.5, 0.6) is 0 Å². The molecule has 0 saturated heterocycles. The van der Waals surface area contributed by atoms with Gasteiger partial charge in [0.15, 0.2) is 0 Å². The Balaban J connectivity index is 0.000000205. The van der Waals surface area contributed by atoms with E-state index in [1.54, 1.807) is 18.2 Å². The summed E-state index contributed by atoms with van der Waals surface area (Å²) in [5, 5.41) is 0. The second-order valence-corrected chi connectivity index (χ2v) is 2.05. The smallest absolute Gasteiger partial charge is 0.999 e. The van der Waals surface area contributed by atoms with Gasteiger partial charge in [-0.25, -0.2) is 0 Å². The van der Waals surface area contributed by atoms with Gasteiger partial charge in [-0.3, -0.25) is 0 Å². The van der Waals surface area contributed by atoms with E-state index in [4.69, 9.17) is 0 Å². The van der Waals surface area contributed by atoms with Gasteiger partial charge in [-0.05, 0) is 0 Å². The molecule has 0 heterocycles. The van der Waals surface area contributed by atoms with Crippen LogP contribution in [0.25, 0.3) is 0 Å². The molecule has 0 fully saturated rings. The van der Waals surface area contributed by atoms with Crippen molar-refractivity contribution in [3.05, 3.63) is 91.0 Å². The first-order valence-corrected chi connectivity index (χ1v) is 3.98. The van der Waals surface area contributed by atoms with Gasteiger partial charge in [-0.1, -0.05) is 0 Å². The summed E-state index contributed by atoms with van der Waals surface area (Å²) in [7, 11) is 0. The van der Waals surface area contributed by atoms with Gasteiger partial charge in [0.1, 0.15) is 0 Å². The molecule has 0 aromatic heterocycles. The molecule has 0 saturated carbocycles. The van der Waals surface area contributed by atoms with Crippen LogP contribution in [0.4, 0.5) is 0 Å². The standard InChI is InChI=1S/3C5H.Nd/c3*1-2-4-5-3-1;/h3*1H;/q3*-5;+3. The molecule has 0 aliphatic carbocycles. The van der Waals surface area contributed by atoms with Crippen molar-refractivity contribution in [1.82, 2.24) is 0 Å². The fourth-order valence-corrected chi connectivity index (χ4v) is 0.541. The maximum atomic E-state index is 2.62. The number of hydrogen-bond acceptors (Lipinski definition) is 0. The third-order valence-electron chi connectivity index (χ3n) is 1.05. The SMILES string of the molecule is [Nd+3].[c-]1[c-][c-][cH-][c-]1.[c-]1[c-][c-][cH-][c-]1.[c-]1[c-][c-][cH-][c-]1. The molecule has 16 heavy (non-hydrogen) atoms. The molecule has 3 aromatic rings. The fraction of sp³-hybridized carbons (Fsp3) is 0. The van der Waals surface area contributed by atoms with Gasteiger partial charge in [-0.15, -0.1) is 0 Å². The summed E-state index contributed by atoms with van der Waals surface area (Å²) in [5.74, 6) is 0. The van der Waals surface area contributed by atoms with Crippen molar-refractivity contribution < 1.29 is 40.8 Å². The van der Waals surface area contributed by atoms with Crippen LogP contribution >= 0.6 is 0 Å². The van der Waals surface area contributed by atoms with Crippen LogP contribution in [0.1, 0.15) is 0 Å². The summed E-state index contributed by atoms with van der Waals surface area (Å²) in [5.41, 5.74) is 0. The van der Waals surface area contributed by atoms with Crippen molar-refractivity contribution in [2.75, 3.05) is 0 Å². The maximum Gasteiger partial charge on any atom is 3.00 e. The van der Waals surface area contributed by atoms with Gasteiger partial charge in [0, 0.05) is 0 Å². The Morgan fingerprint density at radius 3 is 0.625 bits per heavy atom. The minimum Gasteiger partial charge on any atom is -0.999 e. The van der Waals surface area contributed by atoms with E-state index in [1.165, 1.54) is 0 Å². The zero-order valence-corrected chi connectivity index (χ0v) is 11.4. The Labute approximate surface area is 131 Å². The van der Waals surface area contributed by atoms with Gasteiger partial charge in [-0.2, -0.15) is 0 Å². The fourth-order valence-electron chi connectivity index (χ4n) is 0.541. The van der Waals surface area contributed by atoms with Crippen LogP contribution < -0.4 is 0 Å². The Kier molecular flexibility index (Phi) is 12.0. The van der Waals surface area contributed by atoms with Gasteiger partial charge in [0.25, 0.3) is 0 Å². The normalized spacial score (nSPS) is 7.50. The molecule has 1 heteroatoms. The quantitative estimate of drug-likeness (QED) is 0.553. The van der Waals surface area contributed by atoms with E-state index in [0.29, 0.717) is 0 Å². The van der Waals surface area contributed by atoms with E-state index in [9.17, 15) is 0 Å². The molecule has 79 valence electrons. The zero-order valence-electron chi connectivity index (χ0n) is 8.23. The second kappa shape index (κ2) is 12.5. The monoisotopic (exact) mass is 325 g/mol. The molecule has 0 amide bonds.